The van der Waals surface area contributed by atoms with Gasteiger partial charge in [-0.15, -0.1) is 11.3 Å². The molecule has 58 heavy (non-hydrogen) atoms. The molecule has 0 saturated carbocycles. The van der Waals surface area contributed by atoms with Crippen molar-refractivity contribution in [2.24, 2.45) is 0 Å². The molecule has 0 N–H and O–H groups in total. The Morgan fingerprint density at radius 2 is 1.07 bits per heavy atom. The highest BCUT2D eigenvalue weighted by atomic mass is 32.1. The van der Waals surface area contributed by atoms with Crippen LogP contribution in [-0.2, 0) is 0 Å². The molecule has 4 heteroatoms. The first-order chi connectivity index (χ1) is 28.8. The van der Waals surface area contributed by atoms with Gasteiger partial charge in [-0.05, 0) is 74.0 Å². The molecular weight excluding hydrogens is 737 g/mol. The van der Waals surface area contributed by atoms with Crippen molar-refractivity contribution in [1.29, 1.82) is 0 Å². The lowest BCUT2D eigenvalue weighted by molar-refractivity contribution is 0.805. The molecule has 0 saturated heterocycles. The molecule has 2 atom stereocenters. The second kappa shape index (κ2) is 13.2. The van der Waals surface area contributed by atoms with Crippen LogP contribution in [0.15, 0.2) is 206 Å². The maximum absolute atomic E-state index is 3.06. The van der Waals surface area contributed by atoms with Crippen LogP contribution < -0.4 is 35.4 Å². The first kappa shape index (κ1) is 33.4. The lowest BCUT2D eigenvalue weighted by Gasteiger charge is -2.36. The van der Waals surface area contributed by atoms with Crippen LogP contribution in [0.4, 0.5) is 11.4 Å². The third-order valence-electron chi connectivity index (χ3n) is 12.6. The second-order valence-electron chi connectivity index (χ2n) is 15.6. The Kier molecular flexibility index (Phi) is 7.59. The molecule has 0 fully saturated rings. The van der Waals surface area contributed by atoms with Gasteiger partial charge in [-0.1, -0.05) is 176 Å². The Hall–Kier alpha value is -6.72. The highest BCUT2D eigenvalue weighted by Crippen LogP contribution is 2.47. The van der Waals surface area contributed by atoms with Gasteiger partial charge in [0.25, 0.3) is 0 Å². The Morgan fingerprint density at radius 3 is 1.86 bits per heavy atom. The van der Waals surface area contributed by atoms with E-state index in [0.717, 1.165) is 0 Å². The van der Waals surface area contributed by atoms with Gasteiger partial charge in [-0.25, -0.2) is 0 Å². The van der Waals surface area contributed by atoms with Crippen LogP contribution in [0.2, 0.25) is 0 Å². The molecule has 2 aliphatic rings. The summed E-state index contributed by atoms with van der Waals surface area (Å²) in [6.07, 6.45) is 5.10. The molecule has 8 aromatic carbocycles. The van der Waals surface area contributed by atoms with E-state index in [1.165, 1.54) is 85.0 Å². The molecule has 10 aromatic rings. The van der Waals surface area contributed by atoms with Crippen molar-refractivity contribution in [2.45, 2.75) is 12.0 Å². The summed E-state index contributed by atoms with van der Waals surface area (Å²) < 4.78 is 5.26. The maximum atomic E-state index is 2.63. The third-order valence-corrected chi connectivity index (χ3v) is 18.6. The SMILES string of the molecule is C1=c2sc3ccccc3c2=CC2C1c1ccccc1N2c1cccc([Si](c2ccccc2)(c2ccccc2)c2cccc3c4ccccc4n(-c4ccccc4)c23)c1. The topological polar surface area (TPSA) is 8.17 Å². The Morgan fingerprint density at radius 1 is 0.466 bits per heavy atom. The highest BCUT2D eigenvalue weighted by molar-refractivity contribution is 7.20. The molecule has 274 valence electrons. The molecule has 3 heterocycles. The van der Waals surface area contributed by atoms with Crippen LogP contribution in [-0.4, -0.2) is 18.7 Å². The minimum absolute atomic E-state index is 0.159. The predicted octanol–water partition coefficient (Wildman–Crippen LogP) is 9.25. The van der Waals surface area contributed by atoms with E-state index in [-0.39, 0.29) is 12.0 Å². The summed E-state index contributed by atoms with van der Waals surface area (Å²) in [6.45, 7) is 0. The Balaban J connectivity index is 1.17. The first-order valence-electron chi connectivity index (χ1n) is 20.2. The number of aromatic nitrogens is 1. The number of para-hydroxylation sites is 4. The second-order valence-corrected chi connectivity index (χ2v) is 20.4. The lowest BCUT2D eigenvalue weighted by atomic mass is 9.91. The fourth-order valence-corrected chi connectivity index (χ4v) is 16.4. The monoisotopic (exact) mass is 774 g/mol. The fourth-order valence-electron chi connectivity index (χ4n) is 10.3. The van der Waals surface area contributed by atoms with Crippen LogP contribution in [0.1, 0.15) is 11.5 Å². The van der Waals surface area contributed by atoms with Crippen molar-refractivity contribution in [1.82, 2.24) is 4.57 Å². The number of benzene rings is 8. The minimum Gasteiger partial charge on any atom is -0.333 e. The zero-order chi connectivity index (χ0) is 38.2. The van der Waals surface area contributed by atoms with Crippen LogP contribution in [0, 0.1) is 0 Å². The molecule has 0 amide bonds. The van der Waals surface area contributed by atoms with Gasteiger partial charge in [-0.3, -0.25) is 0 Å². The predicted molar refractivity (Wildman–Crippen MR) is 250 cm³/mol. The standard InChI is InChI=1S/C54H38N2SSi/c1-4-18-37(19-5-1)56-49-31-14-10-26-42(49)45-29-17-33-53(54(45)56)58(39-21-6-2-7-22-39,40-23-8-3-9-24-40)41-25-16-20-38(34-41)55-48-30-13-11-27-43(48)46-36-52-47(35-50(46)55)44-28-12-15-32-51(44)57-52/h1-36,46,50H. The summed E-state index contributed by atoms with van der Waals surface area (Å²) >= 11 is 1.92. The van der Waals surface area contributed by atoms with E-state index < -0.39 is 8.07 Å². The maximum Gasteiger partial charge on any atom is 0.181 e. The summed E-state index contributed by atoms with van der Waals surface area (Å²) in [4.78, 5) is 2.63. The minimum atomic E-state index is -3.06. The number of rotatable bonds is 6. The van der Waals surface area contributed by atoms with E-state index in [4.69, 9.17) is 0 Å². The zero-order valence-electron chi connectivity index (χ0n) is 31.7. The Labute approximate surface area is 342 Å². The first-order valence-corrected chi connectivity index (χ1v) is 23.0. The fraction of sp³-hybridized carbons (Fsp3) is 0.0370. The lowest BCUT2D eigenvalue weighted by Crippen LogP contribution is -2.75. The number of thiophene rings is 1. The molecule has 1 aliphatic carbocycles. The summed E-state index contributed by atoms with van der Waals surface area (Å²) in [5, 5.41) is 10.7. The number of anilines is 2. The number of fused-ring (bicyclic) bond motifs is 9. The van der Waals surface area contributed by atoms with Crippen LogP contribution in [0.3, 0.4) is 0 Å². The van der Waals surface area contributed by atoms with E-state index in [2.05, 4.69) is 228 Å². The molecule has 2 nitrogen and oxygen atoms in total. The van der Waals surface area contributed by atoms with Crippen LogP contribution in [0.5, 0.6) is 0 Å². The van der Waals surface area contributed by atoms with Crippen molar-refractivity contribution in [3.05, 3.63) is 222 Å². The molecule has 2 aromatic heterocycles. The van der Waals surface area contributed by atoms with Gasteiger partial charge < -0.3 is 9.47 Å². The number of hydrogen-bond donors (Lipinski definition) is 0. The van der Waals surface area contributed by atoms with Gasteiger partial charge in [0.15, 0.2) is 8.07 Å². The van der Waals surface area contributed by atoms with Gasteiger partial charge in [0.05, 0.1) is 17.1 Å². The zero-order valence-corrected chi connectivity index (χ0v) is 33.6. The van der Waals surface area contributed by atoms with Crippen molar-refractivity contribution >= 4 is 95.6 Å². The average molecular weight is 775 g/mol. The van der Waals surface area contributed by atoms with Gasteiger partial charge in [0.1, 0.15) is 0 Å². The highest BCUT2D eigenvalue weighted by Gasteiger charge is 2.45. The van der Waals surface area contributed by atoms with Crippen molar-refractivity contribution < 1.29 is 0 Å². The van der Waals surface area contributed by atoms with E-state index in [1.807, 2.05) is 11.3 Å². The summed E-state index contributed by atoms with van der Waals surface area (Å²) in [5.74, 6) is 0.265. The molecule has 12 rings (SSSR count). The summed E-state index contributed by atoms with van der Waals surface area (Å²) in [5.41, 5.74) is 7.58. The normalized spacial score (nSPS) is 15.8. The van der Waals surface area contributed by atoms with E-state index in [0.29, 0.717) is 0 Å². The molecule has 2 unspecified atom stereocenters. The number of hydrogen-bond acceptors (Lipinski definition) is 2. The third kappa shape index (κ3) is 4.83. The molecule has 0 bridgehead atoms. The molecular formula is C54H38N2SSi. The van der Waals surface area contributed by atoms with Crippen molar-refractivity contribution in [3.63, 3.8) is 0 Å². The molecule has 0 spiro atoms. The van der Waals surface area contributed by atoms with Crippen LogP contribution >= 0.6 is 11.3 Å². The largest absolute Gasteiger partial charge is 0.333 e. The Bertz CT molecular complexity index is 3270. The molecule has 0 radical (unpaired) electrons. The van der Waals surface area contributed by atoms with Gasteiger partial charge in [0, 0.05) is 48.4 Å². The van der Waals surface area contributed by atoms with Crippen molar-refractivity contribution in [2.75, 3.05) is 4.90 Å². The van der Waals surface area contributed by atoms with E-state index >= 15 is 0 Å². The molecule has 1 aliphatic heterocycles. The van der Waals surface area contributed by atoms with Gasteiger partial charge in [0.2, 0.25) is 0 Å². The number of nitrogens with zero attached hydrogens (tertiary/aromatic N) is 2. The smallest absolute Gasteiger partial charge is 0.181 e. The van der Waals surface area contributed by atoms with Gasteiger partial charge >= 0.3 is 0 Å². The van der Waals surface area contributed by atoms with E-state index in [1.54, 1.807) is 0 Å². The average Bonchev–Trinajstić information content (AvgIpc) is 3.95. The van der Waals surface area contributed by atoms with Crippen LogP contribution in [0.25, 0.3) is 49.7 Å². The summed E-state index contributed by atoms with van der Waals surface area (Å²) in [6, 6.07) is 77.4. The van der Waals surface area contributed by atoms with Gasteiger partial charge in [-0.2, -0.15) is 0 Å². The van der Waals surface area contributed by atoms with Crippen molar-refractivity contribution in [3.8, 4) is 5.69 Å². The van der Waals surface area contributed by atoms with E-state index in [9.17, 15) is 0 Å². The quantitative estimate of drug-likeness (QED) is 0.121. The summed E-state index contributed by atoms with van der Waals surface area (Å²) in [7, 11) is -3.06.